The van der Waals surface area contributed by atoms with Gasteiger partial charge < -0.3 is 4.57 Å². The zero-order valence-corrected chi connectivity index (χ0v) is 14.7. The second-order valence-electron chi connectivity index (χ2n) is 4.54. The van der Waals surface area contributed by atoms with Gasteiger partial charge in [0.2, 0.25) is 0 Å². The third kappa shape index (κ3) is 4.68. The van der Waals surface area contributed by atoms with Gasteiger partial charge in [-0.05, 0) is 12.1 Å². The summed E-state index contributed by atoms with van der Waals surface area (Å²) in [7, 11) is 0. The first-order valence-electron chi connectivity index (χ1n) is 8.14. The van der Waals surface area contributed by atoms with Crippen LogP contribution in [0, 0.1) is 17.5 Å². The summed E-state index contributed by atoms with van der Waals surface area (Å²) in [5.74, 6) is -2.93. The molecule has 3 rings (SSSR count). The van der Waals surface area contributed by atoms with Crippen molar-refractivity contribution in [2.75, 3.05) is 0 Å². The predicted molar refractivity (Wildman–Crippen MR) is 94.1 cm³/mol. The van der Waals surface area contributed by atoms with E-state index < -0.39 is 23.0 Å². The predicted octanol–water partition coefficient (Wildman–Crippen LogP) is 4.91. The van der Waals surface area contributed by atoms with Gasteiger partial charge >= 0.3 is 0 Å². The molecule has 0 saturated heterocycles. The van der Waals surface area contributed by atoms with Crippen molar-refractivity contribution in [3.8, 4) is 0 Å². The molecule has 0 N–H and O–H groups in total. The molecule has 0 spiro atoms. The van der Waals surface area contributed by atoms with E-state index in [0.29, 0.717) is 23.0 Å². The lowest BCUT2D eigenvalue weighted by Gasteiger charge is -2.11. The van der Waals surface area contributed by atoms with E-state index in [2.05, 4.69) is 4.98 Å². The summed E-state index contributed by atoms with van der Waals surface area (Å²) in [4.78, 5) is 15.3. The number of rotatable bonds is 2. The zero-order chi connectivity index (χ0) is 19.0. The normalized spacial score (nSPS) is 9.72. The van der Waals surface area contributed by atoms with Gasteiger partial charge in [-0.15, -0.1) is 0 Å². The van der Waals surface area contributed by atoms with Crippen molar-refractivity contribution >= 4 is 10.9 Å². The highest BCUT2D eigenvalue weighted by molar-refractivity contribution is 5.77. The van der Waals surface area contributed by atoms with Crippen LogP contribution in [0.3, 0.4) is 0 Å². The number of benzene rings is 2. The number of nitrogens with zero attached hydrogens (tertiary/aromatic N) is 2. The van der Waals surface area contributed by atoms with E-state index in [0.717, 1.165) is 0 Å². The Morgan fingerprint density at radius 3 is 2.12 bits per heavy atom. The van der Waals surface area contributed by atoms with Crippen LogP contribution in [0.5, 0.6) is 0 Å². The molecule has 0 fully saturated rings. The standard InChI is InChI=1S/C15H9F3N2O.2C2H6/c16-9-5-12(17)11(13(18)6-9)7-20-8-19-15(21)10-3-1-2-4-14(10)20;2*1-2/h1-6,8H,7H2;2*1-2H3. The first-order chi connectivity index (χ1) is 12.1. The molecule has 1 aromatic heterocycles. The van der Waals surface area contributed by atoms with Gasteiger partial charge in [0.25, 0.3) is 5.56 Å². The lowest BCUT2D eigenvalue weighted by atomic mass is 10.1. The van der Waals surface area contributed by atoms with Crippen molar-refractivity contribution in [3.63, 3.8) is 0 Å². The largest absolute Gasteiger partial charge is 0.327 e. The molecule has 3 aromatic rings. The minimum Gasteiger partial charge on any atom is -0.327 e. The SMILES string of the molecule is CC.CC.O=c1ncn(Cc2c(F)cc(F)cc2F)c2ccccc12. The molecule has 0 saturated carbocycles. The summed E-state index contributed by atoms with van der Waals surface area (Å²) >= 11 is 0. The van der Waals surface area contributed by atoms with Crippen molar-refractivity contribution in [2.45, 2.75) is 34.2 Å². The highest BCUT2D eigenvalue weighted by Gasteiger charge is 2.13. The molecule has 1 heterocycles. The fourth-order valence-electron chi connectivity index (χ4n) is 2.18. The molecule has 0 bridgehead atoms. The van der Waals surface area contributed by atoms with Gasteiger partial charge in [-0.25, -0.2) is 13.2 Å². The molecule has 0 aliphatic rings. The summed E-state index contributed by atoms with van der Waals surface area (Å²) in [6, 6.07) is 7.86. The second-order valence-corrected chi connectivity index (χ2v) is 4.54. The minimum absolute atomic E-state index is 0.189. The monoisotopic (exact) mass is 350 g/mol. The van der Waals surface area contributed by atoms with E-state index in [1.54, 1.807) is 24.3 Å². The van der Waals surface area contributed by atoms with Crippen molar-refractivity contribution in [2.24, 2.45) is 0 Å². The third-order valence-electron chi connectivity index (χ3n) is 3.19. The average Bonchev–Trinajstić information content (AvgIpc) is 2.63. The van der Waals surface area contributed by atoms with E-state index in [9.17, 15) is 18.0 Å². The topological polar surface area (TPSA) is 34.9 Å². The Hall–Kier alpha value is -2.63. The number of halogens is 3. The first-order valence-corrected chi connectivity index (χ1v) is 8.14. The van der Waals surface area contributed by atoms with Gasteiger partial charge in [-0.2, -0.15) is 4.98 Å². The van der Waals surface area contributed by atoms with Crippen LogP contribution in [0.15, 0.2) is 47.5 Å². The number of hydrogen-bond acceptors (Lipinski definition) is 2. The van der Waals surface area contributed by atoms with E-state index in [4.69, 9.17) is 0 Å². The molecular formula is C19H21F3N2O. The van der Waals surface area contributed by atoms with Crippen molar-refractivity contribution < 1.29 is 13.2 Å². The Labute approximate surface area is 144 Å². The quantitative estimate of drug-likeness (QED) is 0.658. The highest BCUT2D eigenvalue weighted by Crippen LogP contribution is 2.18. The summed E-state index contributed by atoms with van der Waals surface area (Å²) < 4.78 is 41.8. The molecule has 6 heteroatoms. The maximum absolute atomic E-state index is 13.7. The zero-order valence-electron chi connectivity index (χ0n) is 14.7. The van der Waals surface area contributed by atoms with E-state index in [1.807, 2.05) is 27.7 Å². The van der Waals surface area contributed by atoms with Crippen LogP contribution >= 0.6 is 0 Å². The number of fused-ring (bicyclic) bond motifs is 1. The third-order valence-corrected chi connectivity index (χ3v) is 3.19. The maximum Gasteiger partial charge on any atom is 0.280 e. The van der Waals surface area contributed by atoms with Crippen LogP contribution in [-0.4, -0.2) is 9.55 Å². The lowest BCUT2D eigenvalue weighted by molar-refractivity contribution is 0.517. The first kappa shape index (κ1) is 20.4. The summed E-state index contributed by atoms with van der Waals surface area (Å²) in [5.41, 5.74) is -0.200. The Balaban J connectivity index is 0.000000730. The molecule has 2 aromatic carbocycles. The van der Waals surface area contributed by atoms with Crippen molar-refractivity contribution in [1.29, 1.82) is 0 Å². The van der Waals surface area contributed by atoms with Crippen LogP contribution in [-0.2, 0) is 6.54 Å². The van der Waals surface area contributed by atoms with Crippen LogP contribution in [0.4, 0.5) is 13.2 Å². The summed E-state index contributed by atoms with van der Waals surface area (Å²) in [6.07, 6.45) is 1.22. The Kier molecular flexibility index (Phi) is 7.85. The van der Waals surface area contributed by atoms with E-state index in [1.165, 1.54) is 10.9 Å². The Morgan fingerprint density at radius 2 is 1.52 bits per heavy atom. The fourth-order valence-corrected chi connectivity index (χ4v) is 2.18. The van der Waals surface area contributed by atoms with E-state index in [-0.39, 0.29) is 12.1 Å². The Morgan fingerprint density at radius 1 is 0.960 bits per heavy atom. The molecule has 134 valence electrons. The molecule has 0 atom stereocenters. The summed E-state index contributed by atoms with van der Waals surface area (Å²) in [6.45, 7) is 7.81. The fraction of sp³-hybridized carbons (Fsp3) is 0.263. The van der Waals surface area contributed by atoms with Crippen molar-refractivity contribution in [3.05, 3.63) is 76.1 Å². The maximum atomic E-state index is 13.7. The minimum atomic E-state index is -0.977. The molecule has 3 nitrogen and oxygen atoms in total. The summed E-state index contributed by atoms with van der Waals surface area (Å²) in [5, 5.41) is 0.350. The van der Waals surface area contributed by atoms with Gasteiger partial charge in [0.15, 0.2) is 0 Å². The number of para-hydroxylation sites is 1. The Bertz CT molecular complexity index is 868. The van der Waals surface area contributed by atoms with Gasteiger partial charge in [-0.3, -0.25) is 4.79 Å². The van der Waals surface area contributed by atoms with Gasteiger partial charge in [0.05, 0.1) is 23.8 Å². The lowest BCUT2D eigenvalue weighted by Crippen LogP contribution is -2.14. The molecule has 0 unspecified atom stereocenters. The van der Waals surface area contributed by atoms with E-state index >= 15 is 0 Å². The van der Waals surface area contributed by atoms with Gasteiger partial charge in [-0.1, -0.05) is 39.8 Å². The smallest absolute Gasteiger partial charge is 0.280 e. The molecule has 0 radical (unpaired) electrons. The molecule has 0 aliphatic heterocycles. The van der Waals surface area contributed by atoms with Crippen LogP contribution in [0.2, 0.25) is 0 Å². The van der Waals surface area contributed by atoms with Crippen LogP contribution in [0.1, 0.15) is 33.3 Å². The molecule has 0 aliphatic carbocycles. The van der Waals surface area contributed by atoms with Crippen molar-refractivity contribution in [1.82, 2.24) is 9.55 Å². The number of aromatic nitrogens is 2. The van der Waals surface area contributed by atoms with Gasteiger partial charge in [0.1, 0.15) is 17.5 Å². The molecular weight excluding hydrogens is 329 g/mol. The second kappa shape index (κ2) is 9.61. The highest BCUT2D eigenvalue weighted by atomic mass is 19.1. The number of hydrogen-bond donors (Lipinski definition) is 0. The van der Waals surface area contributed by atoms with Crippen LogP contribution < -0.4 is 5.56 Å². The molecule has 0 amide bonds. The van der Waals surface area contributed by atoms with Crippen LogP contribution in [0.25, 0.3) is 10.9 Å². The average molecular weight is 350 g/mol. The van der Waals surface area contributed by atoms with Gasteiger partial charge in [0, 0.05) is 17.7 Å². The molecule has 25 heavy (non-hydrogen) atoms.